The highest BCUT2D eigenvalue weighted by molar-refractivity contribution is 7.89. The van der Waals surface area contributed by atoms with Crippen LogP contribution in [0.25, 0.3) is 10.9 Å². The summed E-state index contributed by atoms with van der Waals surface area (Å²) in [6.45, 7) is 4.79. The van der Waals surface area contributed by atoms with Crippen LogP contribution in [0.2, 0.25) is 0 Å². The van der Waals surface area contributed by atoms with Crippen LogP contribution in [0.1, 0.15) is 31.4 Å². The number of aromatic amines is 1. The number of nitrogens with one attached hydrogen (secondary N) is 2. The van der Waals surface area contributed by atoms with Gasteiger partial charge in [0.15, 0.2) is 11.5 Å². The molecule has 0 saturated carbocycles. The number of para-hydroxylation sites is 2. The smallest absolute Gasteiger partial charge is 0.211 e. The van der Waals surface area contributed by atoms with Crippen molar-refractivity contribution in [2.45, 2.75) is 38.7 Å². The summed E-state index contributed by atoms with van der Waals surface area (Å²) < 4.78 is 39.1. The van der Waals surface area contributed by atoms with Gasteiger partial charge in [0.1, 0.15) is 5.60 Å². The number of benzene rings is 2. The summed E-state index contributed by atoms with van der Waals surface area (Å²) in [6.07, 6.45) is 3.83. The summed E-state index contributed by atoms with van der Waals surface area (Å²) >= 11 is 0. The Labute approximate surface area is 177 Å². The SMILES string of the molecule is CC1(C)Cc2cccc(OCCCS(=O)(=O)NCCc3c[nH]c4ccccc34)c2O1. The average Bonchev–Trinajstić information content (AvgIpc) is 3.25. The Morgan fingerprint density at radius 3 is 2.87 bits per heavy atom. The summed E-state index contributed by atoms with van der Waals surface area (Å²) in [4.78, 5) is 3.21. The molecule has 0 saturated heterocycles. The molecule has 1 aliphatic heterocycles. The molecule has 0 fully saturated rings. The number of hydrogen-bond donors (Lipinski definition) is 2. The molecule has 4 rings (SSSR count). The van der Waals surface area contributed by atoms with Gasteiger partial charge in [0, 0.05) is 35.6 Å². The summed E-state index contributed by atoms with van der Waals surface area (Å²) in [5.41, 5.74) is 3.06. The van der Waals surface area contributed by atoms with Gasteiger partial charge in [0.2, 0.25) is 10.0 Å². The lowest BCUT2D eigenvalue weighted by molar-refractivity contribution is 0.132. The van der Waals surface area contributed by atoms with Crippen LogP contribution >= 0.6 is 0 Å². The van der Waals surface area contributed by atoms with Crippen LogP contribution in [0.5, 0.6) is 11.5 Å². The van der Waals surface area contributed by atoms with Crippen LogP contribution in [0.15, 0.2) is 48.7 Å². The molecule has 30 heavy (non-hydrogen) atoms. The van der Waals surface area contributed by atoms with E-state index in [4.69, 9.17) is 9.47 Å². The standard InChI is InChI=1S/C23H28N2O4S/c1-23(2)15-17-7-5-10-21(22(17)29-23)28-13-6-14-30(26,27)25-12-11-18-16-24-20-9-4-3-8-19(18)20/h3-5,7-10,16,24-25H,6,11-15H2,1-2H3. The molecule has 1 aliphatic rings. The van der Waals surface area contributed by atoms with Crippen LogP contribution in [0, 0.1) is 0 Å². The van der Waals surface area contributed by atoms with Gasteiger partial charge in [-0.3, -0.25) is 0 Å². The van der Waals surface area contributed by atoms with Crippen LogP contribution in [-0.4, -0.2) is 37.9 Å². The predicted octanol–water partition coefficient (Wildman–Crippen LogP) is 3.81. The van der Waals surface area contributed by atoms with Gasteiger partial charge in [-0.25, -0.2) is 13.1 Å². The second-order valence-corrected chi connectivity index (χ2v) is 10.2. The fourth-order valence-electron chi connectivity index (χ4n) is 3.88. The lowest BCUT2D eigenvalue weighted by Crippen LogP contribution is -2.29. The first-order valence-corrected chi connectivity index (χ1v) is 11.9. The van der Waals surface area contributed by atoms with E-state index in [2.05, 4.69) is 9.71 Å². The van der Waals surface area contributed by atoms with E-state index in [0.29, 0.717) is 31.7 Å². The molecule has 0 spiro atoms. The Morgan fingerprint density at radius 2 is 2.00 bits per heavy atom. The second kappa shape index (κ2) is 8.32. The molecule has 7 heteroatoms. The van der Waals surface area contributed by atoms with Crippen molar-refractivity contribution >= 4 is 20.9 Å². The third-order valence-corrected chi connectivity index (χ3v) is 6.73. The zero-order chi connectivity index (χ0) is 21.2. The van der Waals surface area contributed by atoms with E-state index in [-0.39, 0.29) is 11.4 Å². The number of hydrogen-bond acceptors (Lipinski definition) is 4. The van der Waals surface area contributed by atoms with Crippen LogP contribution in [-0.2, 0) is 22.9 Å². The van der Waals surface area contributed by atoms with Crippen molar-refractivity contribution in [3.05, 3.63) is 59.8 Å². The number of aromatic nitrogens is 1. The summed E-state index contributed by atoms with van der Waals surface area (Å²) in [5, 5.41) is 1.13. The molecule has 0 radical (unpaired) electrons. The van der Waals surface area contributed by atoms with Crippen molar-refractivity contribution in [1.82, 2.24) is 9.71 Å². The van der Waals surface area contributed by atoms with Gasteiger partial charge in [0.05, 0.1) is 12.4 Å². The zero-order valence-electron chi connectivity index (χ0n) is 17.4. The summed E-state index contributed by atoms with van der Waals surface area (Å²) in [6, 6.07) is 13.9. The monoisotopic (exact) mass is 428 g/mol. The highest BCUT2D eigenvalue weighted by Gasteiger charge is 2.32. The molecule has 2 heterocycles. The van der Waals surface area contributed by atoms with Crippen molar-refractivity contribution in [1.29, 1.82) is 0 Å². The number of rotatable bonds is 9. The fourth-order valence-corrected chi connectivity index (χ4v) is 4.94. The maximum atomic E-state index is 12.3. The molecule has 0 aliphatic carbocycles. The van der Waals surface area contributed by atoms with Crippen LogP contribution in [0.4, 0.5) is 0 Å². The molecule has 0 atom stereocenters. The minimum absolute atomic E-state index is 0.0300. The van der Waals surface area contributed by atoms with Gasteiger partial charge < -0.3 is 14.5 Å². The van der Waals surface area contributed by atoms with Crippen molar-refractivity contribution in [3.8, 4) is 11.5 Å². The molecule has 0 unspecified atom stereocenters. The van der Waals surface area contributed by atoms with Crippen LogP contribution < -0.4 is 14.2 Å². The minimum atomic E-state index is -3.34. The average molecular weight is 429 g/mol. The quantitative estimate of drug-likeness (QED) is 0.508. The lowest BCUT2D eigenvalue weighted by Gasteiger charge is -2.18. The number of fused-ring (bicyclic) bond motifs is 2. The predicted molar refractivity (Wildman–Crippen MR) is 119 cm³/mol. The summed E-state index contributed by atoms with van der Waals surface area (Å²) in [5.74, 6) is 1.49. The molecule has 0 bridgehead atoms. The Hall–Kier alpha value is -2.51. The largest absolute Gasteiger partial charge is 0.490 e. The van der Waals surface area contributed by atoms with Gasteiger partial charge in [-0.15, -0.1) is 0 Å². The van der Waals surface area contributed by atoms with Crippen LogP contribution in [0.3, 0.4) is 0 Å². The first-order chi connectivity index (χ1) is 14.3. The highest BCUT2D eigenvalue weighted by atomic mass is 32.2. The first kappa shape index (κ1) is 20.8. The Kier molecular flexibility index (Phi) is 5.75. The molecule has 2 N–H and O–H groups in total. The van der Waals surface area contributed by atoms with Crippen molar-refractivity contribution in [2.75, 3.05) is 18.9 Å². The number of H-pyrrole nitrogens is 1. The zero-order valence-corrected chi connectivity index (χ0v) is 18.2. The van der Waals surface area contributed by atoms with Crippen molar-refractivity contribution < 1.29 is 17.9 Å². The van der Waals surface area contributed by atoms with Crippen molar-refractivity contribution in [3.63, 3.8) is 0 Å². The molecular weight excluding hydrogens is 400 g/mol. The van der Waals surface area contributed by atoms with Gasteiger partial charge in [0.25, 0.3) is 0 Å². The molecule has 0 amide bonds. The Bertz CT molecular complexity index is 1140. The molecule has 2 aromatic carbocycles. The first-order valence-electron chi connectivity index (χ1n) is 10.3. The van der Waals surface area contributed by atoms with Gasteiger partial charge >= 0.3 is 0 Å². The van der Waals surface area contributed by atoms with E-state index in [1.165, 1.54) is 0 Å². The van der Waals surface area contributed by atoms with E-state index in [1.807, 2.05) is 62.5 Å². The lowest BCUT2D eigenvalue weighted by atomic mass is 10.0. The van der Waals surface area contributed by atoms with Gasteiger partial charge in [-0.2, -0.15) is 0 Å². The van der Waals surface area contributed by atoms with E-state index in [9.17, 15) is 8.42 Å². The van der Waals surface area contributed by atoms with Gasteiger partial charge in [-0.05, 0) is 44.4 Å². The van der Waals surface area contributed by atoms with E-state index >= 15 is 0 Å². The third-order valence-electron chi connectivity index (χ3n) is 5.26. The molecule has 3 aromatic rings. The maximum absolute atomic E-state index is 12.3. The maximum Gasteiger partial charge on any atom is 0.211 e. The topological polar surface area (TPSA) is 80.4 Å². The molecular formula is C23H28N2O4S. The molecule has 160 valence electrons. The summed E-state index contributed by atoms with van der Waals surface area (Å²) in [7, 11) is -3.34. The van der Waals surface area contributed by atoms with Gasteiger partial charge in [-0.1, -0.05) is 30.3 Å². The van der Waals surface area contributed by atoms with E-state index < -0.39 is 10.0 Å². The Morgan fingerprint density at radius 1 is 1.17 bits per heavy atom. The number of sulfonamides is 1. The van der Waals surface area contributed by atoms with Crippen molar-refractivity contribution in [2.24, 2.45) is 0 Å². The fraction of sp³-hybridized carbons (Fsp3) is 0.391. The molecule has 1 aromatic heterocycles. The number of ether oxygens (including phenoxy) is 2. The Balaban J connectivity index is 1.23. The minimum Gasteiger partial charge on any atom is -0.490 e. The highest BCUT2D eigenvalue weighted by Crippen LogP contribution is 2.41. The molecule has 6 nitrogen and oxygen atoms in total. The third kappa shape index (κ3) is 4.79. The normalized spacial score (nSPS) is 15.1. The second-order valence-electron chi connectivity index (χ2n) is 8.31. The van der Waals surface area contributed by atoms with E-state index in [0.717, 1.165) is 34.2 Å². The van der Waals surface area contributed by atoms with E-state index in [1.54, 1.807) is 0 Å².